The van der Waals surface area contributed by atoms with Crippen molar-refractivity contribution in [3.8, 4) is 0 Å². The topological polar surface area (TPSA) is 68.3 Å². The summed E-state index contributed by atoms with van der Waals surface area (Å²) in [6.07, 6.45) is 4.97. The van der Waals surface area contributed by atoms with Crippen molar-refractivity contribution in [2.45, 2.75) is 25.5 Å². The van der Waals surface area contributed by atoms with Crippen LogP contribution in [0.4, 0.5) is 8.78 Å². The zero-order valence-corrected chi connectivity index (χ0v) is 25.9. The number of rotatable bonds is 8. The molecule has 0 bridgehead atoms. The minimum absolute atomic E-state index is 0. The van der Waals surface area contributed by atoms with Crippen molar-refractivity contribution < 1.29 is 32.6 Å². The third-order valence-electron chi connectivity index (χ3n) is 7.78. The number of benzene rings is 2. The molecule has 2 heterocycles. The summed E-state index contributed by atoms with van der Waals surface area (Å²) in [4.78, 5) is 30.2. The van der Waals surface area contributed by atoms with Crippen molar-refractivity contribution >= 4 is 47.5 Å². The summed E-state index contributed by atoms with van der Waals surface area (Å²) in [7, 11) is 1.57. The Morgan fingerprint density at radius 3 is 2.58 bits per heavy atom. The highest BCUT2D eigenvalue weighted by Crippen LogP contribution is 2.41. The zero-order valence-electron chi connectivity index (χ0n) is 23.5. The molecule has 43 heavy (non-hydrogen) atoms. The Hall–Kier alpha value is -2.95. The maximum atomic E-state index is 14.4. The average Bonchev–Trinajstić information content (AvgIpc) is 3.25. The number of halogens is 5. The van der Waals surface area contributed by atoms with Gasteiger partial charge in [-0.3, -0.25) is 14.5 Å². The highest BCUT2D eigenvalue weighted by molar-refractivity contribution is 6.31. The fourth-order valence-corrected chi connectivity index (χ4v) is 5.87. The molecule has 0 saturated carbocycles. The van der Waals surface area contributed by atoms with E-state index in [1.807, 2.05) is 30.1 Å². The second-order valence-corrected chi connectivity index (χ2v) is 11.1. The van der Waals surface area contributed by atoms with Crippen molar-refractivity contribution in [1.29, 1.82) is 0 Å². The molecule has 3 unspecified atom stereocenters. The molecular formula is C31H31Cl3F2N2O5. The standard InChI is InChI=1S/C31H30Cl2F2N2O5.ClH/c1-18-22(23-13-21(40-2)7-8-28(23)37(18)31(39)19-3-5-20(32)6-4-19)15-30(38)42-12-10-36-9-11-41-29(17-36)24-14-27(35)25(33)16-26(24)34;/h3-8,13-14,16,23,28-29H,9-12,15,17H2,1-2H3;1H. The molecule has 230 valence electrons. The van der Waals surface area contributed by atoms with E-state index in [1.54, 1.807) is 36.3 Å². The van der Waals surface area contributed by atoms with E-state index in [2.05, 4.69) is 0 Å². The predicted octanol–water partition coefficient (Wildman–Crippen LogP) is 6.51. The largest absolute Gasteiger partial charge is 0.497 e. The summed E-state index contributed by atoms with van der Waals surface area (Å²) in [6, 6.07) is 8.38. The highest BCUT2D eigenvalue weighted by Gasteiger charge is 2.42. The predicted molar refractivity (Wildman–Crippen MR) is 161 cm³/mol. The number of allylic oxidation sites excluding steroid dienone is 2. The Bertz CT molecular complexity index is 1460. The van der Waals surface area contributed by atoms with E-state index in [0.29, 0.717) is 48.3 Å². The molecule has 2 aromatic carbocycles. The summed E-state index contributed by atoms with van der Waals surface area (Å²) in [5.74, 6) is -1.57. The first-order valence-electron chi connectivity index (χ1n) is 13.5. The van der Waals surface area contributed by atoms with Crippen molar-refractivity contribution in [1.82, 2.24) is 9.80 Å². The van der Waals surface area contributed by atoms with Gasteiger partial charge in [-0.25, -0.2) is 8.78 Å². The Morgan fingerprint density at radius 1 is 1.12 bits per heavy atom. The Balaban J connectivity index is 0.00000423. The van der Waals surface area contributed by atoms with Gasteiger partial charge >= 0.3 is 5.97 Å². The molecule has 0 spiro atoms. The normalized spacial score (nSPS) is 21.7. The first kappa shape index (κ1) is 33.0. The molecule has 1 amide bonds. The van der Waals surface area contributed by atoms with Crippen LogP contribution in [-0.2, 0) is 19.0 Å². The van der Waals surface area contributed by atoms with Crippen molar-refractivity contribution in [3.05, 3.63) is 104 Å². The Labute approximate surface area is 265 Å². The second-order valence-electron chi connectivity index (χ2n) is 10.3. The van der Waals surface area contributed by atoms with Crippen LogP contribution in [0.1, 0.15) is 35.4 Å². The minimum Gasteiger partial charge on any atom is -0.497 e. The molecular weight excluding hydrogens is 625 g/mol. The lowest BCUT2D eigenvalue weighted by molar-refractivity contribution is -0.143. The van der Waals surface area contributed by atoms with Gasteiger partial charge in [-0.1, -0.05) is 29.3 Å². The van der Waals surface area contributed by atoms with E-state index in [0.717, 1.165) is 17.7 Å². The van der Waals surface area contributed by atoms with Gasteiger partial charge in [-0.05, 0) is 61.0 Å². The van der Waals surface area contributed by atoms with Crippen LogP contribution in [0.25, 0.3) is 0 Å². The molecule has 7 nitrogen and oxygen atoms in total. The molecule has 2 aromatic rings. The minimum atomic E-state index is -0.712. The highest BCUT2D eigenvalue weighted by atomic mass is 35.5. The third kappa shape index (κ3) is 7.24. The van der Waals surface area contributed by atoms with Crippen LogP contribution in [0.5, 0.6) is 0 Å². The summed E-state index contributed by atoms with van der Waals surface area (Å²) >= 11 is 11.7. The quantitative estimate of drug-likeness (QED) is 0.239. The SMILES string of the molecule is COC1=CC2C(CC(=O)OCCN3CCOC(c4cc(F)c(Cl)cc4F)C3)=C(C)N(C(=O)c3ccc(Cl)cc3)C2C=C1.Cl. The number of carbonyl (C=O) groups is 2. The summed E-state index contributed by atoms with van der Waals surface area (Å²) in [5.41, 5.74) is 2.05. The van der Waals surface area contributed by atoms with Gasteiger partial charge in [0.15, 0.2) is 0 Å². The number of methoxy groups -OCH3 is 1. The van der Waals surface area contributed by atoms with Gasteiger partial charge in [-0.15, -0.1) is 12.4 Å². The summed E-state index contributed by atoms with van der Waals surface area (Å²) in [6.45, 7) is 3.51. The zero-order chi connectivity index (χ0) is 30.0. The van der Waals surface area contributed by atoms with E-state index < -0.39 is 23.7 Å². The number of fused-ring (bicyclic) bond motifs is 1. The number of hydrogen-bond acceptors (Lipinski definition) is 6. The van der Waals surface area contributed by atoms with Gasteiger partial charge in [0.25, 0.3) is 5.91 Å². The fraction of sp³-hybridized carbons (Fsp3) is 0.355. The molecule has 0 N–H and O–H groups in total. The number of morpholine rings is 1. The van der Waals surface area contributed by atoms with Gasteiger partial charge in [-0.2, -0.15) is 0 Å². The molecule has 0 radical (unpaired) electrons. The smallest absolute Gasteiger partial charge is 0.310 e. The fourth-order valence-electron chi connectivity index (χ4n) is 5.59. The van der Waals surface area contributed by atoms with Crippen molar-refractivity contribution in [3.63, 3.8) is 0 Å². The van der Waals surface area contributed by atoms with Gasteiger partial charge in [0.2, 0.25) is 0 Å². The Kier molecular flexibility index (Phi) is 10.9. The van der Waals surface area contributed by atoms with E-state index >= 15 is 0 Å². The van der Waals surface area contributed by atoms with Gasteiger partial charge in [0, 0.05) is 47.4 Å². The first-order valence-corrected chi connectivity index (χ1v) is 14.3. The van der Waals surface area contributed by atoms with Crippen LogP contribution in [0.3, 0.4) is 0 Å². The Morgan fingerprint density at radius 2 is 1.86 bits per heavy atom. The molecule has 2 aliphatic heterocycles. The summed E-state index contributed by atoms with van der Waals surface area (Å²) < 4.78 is 45.0. The van der Waals surface area contributed by atoms with Crippen molar-refractivity contribution in [2.75, 3.05) is 40.0 Å². The van der Waals surface area contributed by atoms with Crippen LogP contribution < -0.4 is 0 Å². The lowest BCUT2D eigenvalue weighted by Gasteiger charge is -2.33. The van der Waals surface area contributed by atoms with E-state index in [-0.39, 0.29) is 53.9 Å². The average molecular weight is 656 g/mol. The number of carbonyl (C=O) groups excluding carboxylic acids is 2. The van der Waals surface area contributed by atoms with E-state index in [1.165, 1.54) is 0 Å². The molecule has 1 saturated heterocycles. The number of esters is 1. The van der Waals surface area contributed by atoms with Gasteiger partial charge in [0.1, 0.15) is 24.0 Å². The van der Waals surface area contributed by atoms with E-state index in [9.17, 15) is 18.4 Å². The lowest BCUT2D eigenvalue weighted by Crippen LogP contribution is -2.40. The third-order valence-corrected chi connectivity index (χ3v) is 8.33. The van der Waals surface area contributed by atoms with Gasteiger partial charge < -0.3 is 19.1 Å². The molecule has 1 fully saturated rings. The molecule has 5 rings (SSSR count). The first-order chi connectivity index (χ1) is 20.2. The van der Waals surface area contributed by atoms with Crippen LogP contribution in [-0.4, -0.2) is 67.7 Å². The molecule has 3 aliphatic rings. The maximum absolute atomic E-state index is 14.4. The maximum Gasteiger partial charge on any atom is 0.310 e. The second kappa shape index (κ2) is 14.2. The number of hydrogen-bond donors (Lipinski definition) is 0. The van der Waals surface area contributed by atoms with Crippen LogP contribution >= 0.6 is 35.6 Å². The van der Waals surface area contributed by atoms with Crippen LogP contribution in [0.15, 0.2) is 71.7 Å². The molecule has 1 aliphatic carbocycles. The molecule has 12 heteroatoms. The monoisotopic (exact) mass is 654 g/mol. The van der Waals surface area contributed by atoms with Crippen LogP contribution in [0, 0.1) is 17.6 Å². The lowest BCUT2D eigenvalue weighted by atomic mass is 9.88. The van der Waals surface area contributed by atoms with E-state index in [4.69, 9.17) is 37.4 Å². The van der Waals surface area contributed by atoms with Crippen molar-refractivity contribution in [2.24, 2.45) is 5.92 Å². The number of ether oxygens (including phenoxy) is 3. The van der Waals surface area contributed by atoms with Crippen LogP contribution in [0.2, 0.25) is 10.0 Å². The molecule has 3 atom stereocenters. The van der Waals surface area contributed by atoms with Gasteiger partial charge in [0.05, 0.1) is 37.3 Å². The molecule has 0 aromatic heterocycles. The number of nitrogens with zero attached hydrogens (tertiary/aromatic N) is 2. The summed E-state index contributed by atoms with van der Waals surface area (Å²) in [5, 5.41) is 0.246. The number of amides is 1.